The summed E-state index contributed by atoms with van der Waals surface area (Å²) in [5.41, 5.74) is 0. The van der Waals surface area contributed by atoms with E-state index in [-0.39, 0.29) is 0 Å². The minimum Gasteiger partial charge on any atom is -0.240 e. The zero-order chi connectivity index (χ0) is 21.1. The van der Waals surface area contributed by atoms with Crippen LogP contribution in [-0.4, -0.2) is 27.6 Å². The van der Waals surface area contributed by atoms with Crippen LogP contribution in [0.5, 0.6) is 0 Å². The Hall–Kier alpha value is -1.35. The summed E-state index contributed by atoms with van der Waals surface area (Å²) in [4.78, 5) is 0. The highest BCUT2D eigenvalue weighted by molar-refractivity contribution is 8.46. The second kappa shape index (κ2) is 5.13. The van der Waals surface area contributed by atoms with Crippen molar-refractivity contribution in [1.82, 2.24) is 4.57 Å². The molecule has 0 aromatic carbocycles. The average Bonchev–Trinajstić information content (AvgIpc) is 2.78. The van der Waals surface area contributed by atoms with Gasteiger partial charge in [0.15, 0.2) is 0 Å². The van der Waals surface area contributed by atoms with E-state index in [9.17, 15) is 54.6 Å². The van der Waals surface area contributed by atoms with Gasteiger partial charge in [-0.2, -0.15) is 35.1 Å². The second-order valence-electron chi connectivity index (χ2n) is 5.41. The van der Waals surface area contributed by atoms with E-state index in [1.165, 1.54) is 17.8 Å². The molecule has 0 saturated heterocycles. The van der Waals surface area contributed by atoms with E-state index >= 15 is 0 Å². The fourth-order valence-electron chi connectivity index (χ4n) is 1.72. The Morgan fingerprint density at radius 3 is 1.65 bits per heavy atom. The van der Waals surface area contributed by atoms with Gasteiger partial charge in [-0.15, -0.1) is 0 Å². The highest BCUT2D eigenvalue weighted by Gasteiger charge is 2.97. The molecule has 1 heterocycles. The van der Waals surface area contributed by atoms with Gasteiger partial charge < -0.3 is 0 Å². The average molecular weight is 437 g/mol. The molecule has 0 spiro atoms. The van der Waals surface area contributed by atoms with Crippen LogP contribution in [0.4, 0.5) is 54.6 Å². The molecule has 0 aliphatic rings. The van der Waals surface area contributed by atoms with E-state index < -0.39 is 46.2 Å². The summed E-state index contributed by atoms with van der Waals surface area (Å²) in [7, 11) is -11.3. The van der Waals surface area contributed by atoms with E-state index in [4.69, 9.17) is 0 Å². The van der Waals surface area contributed by atoms with Gasteiger partial charge in [0, 0.05) is 0 Å². The monoisotopic (exact) mass is 437 g/mol. The van der Waals surface area contributed by atoms with Gasteiger partial charge in [-0.1, -0.05) is 19.4 Å². The third-order valence-electron chi connectivity index (χ3n) is 3.21. The van der Waals surface area contributed by atoms with E-state index in [1.807, 2.05) is 0 Å². The molecule has 0 N–H and O–H groups in total. The molecule has 0 aliphatic carbocycles. The van der Waals surface area contributed by atoms with E-state index in [0.29, 0.717) is 4.57 Å². The largest absolute Gasteiger partial charge is 0.450 e. The molecule has 0 bridgehead atoms. The number of imidazole rings is 1. The third-order valence-corrected chi connectivity index (χ3v) is 4.44. The second-order valence-corrected chi connectivity index (χ2v) is 7.86. The smallest absolute Gasteiger partial charge is 0.240 e. The zero-order valence-electron chi connectivity index (χ0n) is 12.4. The number of halogens is 13. The Morgan fingerprint density at radius 1 is 0.846 bits per heavy atom. The van der Waals surface area contributed by atoms with Crippen molar-refractivity contribution >= 4 is 10.2 Å². The van der Waals surface area contributed by atoms with Crippen LogP contribution in [-0.2, 0) is 13.6 Å². The van der Waals surface area contributed by atoms with Crippen molar-refractivity contribution in [3.05, 3.63) is 18.7 Å². The molecule has 156 valence electrons. The quantitative estimate of drug-likeness (QED) is 0.394. The first-order valence-corrected chi connectivity index (χ1v) is 8.17. The van der Waals surface area contributed by atoms with Crippen LogP contribution in [0.3, 0.4) is 0 Å². The van der Waals surface area contributed by atoms with Crippen LogP contribution in [0.2, 0.25) is 0 Å². The minimum absolute atomic E-state index is 0.699. The predicted molar refractivity (Wildman–Crippen MR) is 63.1 cm³/mol. The predicted octanol–water partition coefficient (Wildman–Crippen LogP) is 5.50. The van der Waals surface area contributed by atoms with Gasteiger partial charge in [-0.25, -0.2) is 9.13 Å². The van der Waals surface area contributed by atoms with Crippen LogP contribution in [0.15, 0.2) is 18.7 Å². The number of aryl methyl sites for hydroxylation is 2. The molecule has 1 aromatic heterocycles. The number of alkyl halides is 8. The highest BCUT2D eigenvalue weighted by Crippen LogP contribution is 3.06. The minimum atomic E-state index is -12.6. The molecular formula is C10H10F13N2S+. The summed E-state index contributed by atoms with van der Waals surface area (Å²) in [6.45, 7) is -1.21. The molecule has 0 unspecified atom stereocenters. The van der Waals surface area contributed by atoms with Crippen molar-refractivity contribution in [3.8, 4) is 0 Å². The normalized spacial score (nSPS) is 17.8. The fraction of sp³-hybridized carbons (Fsp3) is 0.700. The molecule has 1 aromatic rings. The summed E-state index contributed by atoms with van der Waals surface area (Å²) in [5, 5.41) is -8.68. The molecule has 0 fully saturated rings. The van der Waals surface area contributed by atoms with Crippen LogP contribution >= 0.6 is 10.2 Å². The van der Waals surface area contributed by atoms with Crippen molar-refractivity contribution in [2.24, 2.45) is 7.05 Å². The van der Waals surface area contributed by atoms with Gasteiger partial charge in [0.25, 0.3) is 0 Å². The van der Waals surface area contributed by atoms with Gasteiger partial charge in [-0.05, 0) is 0 Å². The topological polar surface area (TPSA) is 8.81 Å². The van der Waals surface area contributed by atoms with Gasteiger partial charge in [0.05, 0.1) is 20.0 Å². The number of nitrogens with zero attached hydrogens (tertiary/aromatic N) is 2. The summed E-state index contributed by atoms with van der Waals surface area (Å²) in [6.07, 6.45) is 0.777. The summed E-state index contributed by atoms with van der Waals surface area (Å²) < 4.78 is 167. The molecule has 0 aliphatic heterocycles. The van der Waals surface area contributed by atoms with Crippen molar-refractivity contribution in [1.29, 1.82) is 0 Å². The molecule has 16 heteroatoms. The van der Waals surface area contributed by atoms with Crippen molar-refractivity contribution < 1.29 is 59.1 Å². The number of hydrogen-bond acceptors (Lipinski definition) is 0. The van der Waals surface area contributed by atoms with Gasteiger partial charge in [0.2, 0.25) is 6.33 Å². The van der Waals surface area contributed by atoms with Crippen molar-refractivity contribution in [2.45, 2.75) is 36.0 Å². The summed E-state index contributed by atoms with van der Waals surface area (Å²) >= 11 is 0. The lowest BCUT2D eigenvalue weighted by atomic mass is 10.0. The van der Waals surface area contributed by atoms with Gasteiger partial charge in [0.1, 0.15) is 12.4 Å². The van der Waals surface area contributed by atoms with Gasteiger partial charge in [-0.3, -0.25) is 0 Å². The molecule has 0 atom stereocenters. The lowest BCUT2D eigenvalue weighted by Gasteiger charge is -2.50. The Kier molecular flexibility index (Phi) is 4.47. The van der Waals surface area contributed by atoms with E-state index in [2.05, 4.69) is 0 Å². The Labute approximate surface area is 136 Å². The lowest BCUT2D eigenvalue weighted by Crippen LogP contribution is -2.65. The Morgan fingerprint density at radius 2 is 1.31 bits per heavy atom. The molecule has 0 saturated carbocycles. The first kappa shape index (κ1) is 22.7. The molecular weight excluding hydrogens is 427 g/mol. The van der Waals surface area contributed by atoms with Crippen LogP contribution < -0.4 is 4.57 Å². The van der Waals surface area contributed by atoms with Gasteiger partial charge >= 0.3 is 33.2 Å². The molecule has 2 nitrogen and oxygen atoms in total. The fourth-order valence-corrected chi connectivity index (χ4v) is 2.33. The summed E-state index contributed by atoms with van der Waals surface area (Å²) in [6, 6.07) is 0. The number of hydrogen-bond donors (Lipinski definition) is 0. The maximum atomic E-state index is 13.4. The maximum Gasteiger partial charge on any atom is 0.450 e. The number of rotatable bonds is 7. The van der Waals surface area contributed by atoms with Crippen molar-refractivity contribution in [2.75, 3.05) is 0 Å². The van der Waals surface area contributed by atoms with E-state index in [0.717, 1.165) is 12.5 Å². The Balaban J connectivity index is 3.27. The van der Waals surface area contributed by atoms with Crippen LogP contribution in [0, 0.1) is 0 Å². The lowest BCUT2D eigenvalue weighted by molar-refractivity contribution is -0.671. The Bertz CT molecular complexity index is 675. The van der Waals surface area contributed by atoms with E-state index in [1.54, 1.807) is 0 Å². The standard InChI is InChI=1S/C10H10F13N2S/c1-24-4-5-25(6-24)3-2-7(11,12)8(13,14)9(15,16)10(17,18)26(19,20,21,22)23/h4-6H,2-3H2,1H3/q+1. The molecule has 26 heavy (non-hydrogen) atoms. The highest BCUT2D eigenvalue weighted by atomic mass is 32.5. The first-order chi connectivity index (χ1) is 11.0. The van der Waals surface area contributed by atoms with Crippen LogP contribution in [0.1, 0.15) is 6.42 Å². The zero-order valence-corrected chi connectivity index (χ0v) is 13.2. The molecule has 1 rings (SSSR count). The van der Waals surface area contributed by atoms with Crippen molar-refractivity contribution in [3.63, 3.8) is 0 Å². The summed E-state index contributed by atoms with van der Waals surface area (Å²) in [5.74, 6) is -21.7. The number of aromatic nitrogens is 2. The maximum absolute atomic E-state index is 13.4. The third kappa shape index (κ3) is 3.43. The van der Waals surface area contributed by atoms with Crippen LogP contribution in [0.25, 0.3) is 0 Å². The first-order valence-electron chi connectivity index (χ1n) is 6.22. The molecule has 0 amide bonds. The SMILES string of the molecule is C[n+]1ccn(CCC(F)(F)C(F)(F)C(F)(F)C(F)(F)S(F)(F)(F)(F)F)c1. The molecule has 0 radical (unpaired) electrons.